The van der Waals surface area contributed by atoms with Gasteiger partial charge < -0.3 is 10.2 Å². The highest BCUT2D eigenvalue weighted by Gasteiger charge is 2.26. The first-order valence-corrected chi connectivity index (χ1v) is 8.32. The van der Waals surface area contributed by atoms with Crippen LogP contribution < -0.4 is 10.2 Å². The molecule has 1 N–H and O–H groups in total. The van der Waals surface area contributed by atoms with Gasteiger partial charge in [-0.2, -0.15) is 0 Å². The van der Waals surface area contributed by atoms with Gasteiger partial charge in [-0.3, -0.25) is 0 Å². The monoisotopic (exact) mass is 364 g/mol. The number of benzene rings is 2. The second kappa shape index (κ2) is 6.39. The standard InChI is InChI=1S/C17H18BrClN2/c1-12-10-20-17(13-5-3-2-4-6-13)11-21(12)14-7-8-15(18)16(19)9-14/h2-9,12,17,20H,10-11H2,1H3. The molecular formula is C17H18BrClN2. The quantitative estimate of drug-likeness (QED) is 0.834. The minimum Gasteiger partial charge on any atom is -0.366 e. The maximum Gasteiger partial charge on any atom is 0.0568 e. The number of hydrogen-bond donors (Lipinski definition) is 1. The second-order valence-electron chi connectivity index (χ2n) is 5.47. The molecule has 3 rings (SSSR count). The molecule has 2 aromatic rings. The Bertz CT molecular complexity index is 617. The van der Waals surface area contributed by atoms with E-state index in [4.69, 9.17) is 11.6 Å². The predicted molar refractivity (Wildman–Crippen MR) is 93.1 cm³/mol. The maximum atomic E-state index is 6.24. The topological polar surface area (TPSA) is 15.3 Å². The summed E-state index contributed by atoms with van der Waals surface area (Å²) < 4.78 is 0.940. The van der Waals surface area contributed by atoms with Gasteiger partial charge in [0.25, 0.3) is 0 Å². The van der Waals surface area contributed by atoms with Crippen molar-refractivity contribution in [3.05, 3.63) is 63.6 Å². The van der Waals surface area contributed by atoms with Crippen molar-refractivity contribution >= 4 is 33.2 Å². The highest BCUT2D eigenvalue weighted by molar-refractivity contribution is 9.10. The van der Waals surface area contributed by atoms with Crippen LogP contribution in [0, 0.1) is 0 Å². The molecule has 2 unspecified atom stereocenters. The smallest absolute Gasteiger partial charge is 0.0568 e. The van der Waals surface area contributed by atoms with Crippen LogP contribution in [0.25, 0.3) is 0 Å². The Morgan fingerprint density at radius 3 is 2.67 bits per heavy atom. The number of hydrogen-bond acceptors (Lipinski definition) is 2. The molecule has 1 fully saturated rings. The number of nitrogens with one attached hydrogen (secondary N) is 1. The van der Waals surface area contributed by atoms with Crippen LogP contribution in [0.5, 0.6) is 0 Å². The summed E-state index contributed by atoms with van der Waals surface area (Å²) in [5.41, 5.74) is 2.51. The summed E-state index contributed by atoms with van der Waals surface area (Å²) in [4.78, 5) is 2.42. The number of halogens is 2. The first-order valence-electron chi connectivity index (χ1n) is 7.15. The molecule has 0 radical (unpaired) electrons. The SMILES string of the molecule is CC1CNC(c2ccccc2)CN1c1ccc(Br)c(Cl)c1. The van der Waals surface area contributed by atoms with Crippen LogP contribution in [-0.2, 0) is 0 Å². The van der Waals surface area contributed by atoms with Crippen molar-refractivity contribution in [3.63, 3.8) is 0 Å². The van der Waals surface area contributed by atoms with Gasteiger partial charge in [0.2, 0.25) is 0 Å². The second-order valence-corrected chi connectivity index (χ2v) is 6.73. The van der Waals surface area contributed by atoms with Crippen molar-refractivity contribution in [2.45, 2.75) is 19.0 Å². The summed E-state index contributed by atoms with van der Waals surface area (Å²) in [5.74, 6) is 0. The Kier molecular flexibility index (Phi) is 4.53. The lowest BCUT2D eigenvalue weighted by atomic mass is 10.0. The minimum atomic E-state index is 0.352. The van der Waals surface area contributed by atoms with Crippen molar-refractivity contribution in [1.29, 1.82) is 0 Å². The average Bonchev–Trinajstić information content (AvgIpc) is 2.51. The lowest BCUT2D eigenvalue weighted by Gasteiger charge is -2.40. The molecule has 1 saturated heterocycles. The van der Waals surface area contributed by atoms with Crippen molar-refractivity contribution < 1.29 is 0 Å². The average molecular weight is 366 g/mol. The van der Waals surface area contributed by atoms with Gasteiger partial charge in [-0.25, -0.2) is 0 Å². The zero-order valence-electron chi connectivity index (χ0n) is 11.9. The van der Waals surface area contributed by atoms with E-state index in [-0.39, 0.29) is 0 Å². The molecule has 2 aromatic carbocycles. The van der Waals surface area contributed by atoms with Crippen LogP contribution >= 0.6 is 27.5 Å². The third kappa shape index (κ3) is 3.25. The number of nitrogens with zero attached hydrogens (tertiary/aromatic N) is 1. The molecule has 0 aliphatic carbocycles. The Morgan fingerprint density at radius 2 is 1.95 bits per heavy atom. The molecule has 0 saturated carbocycles. The molecule has 1 aliphatic rings. The number of anilines is 1. The van der Waals surface area contributed by atoms with Crippen molar-refractivity contribution in [1.82, 2.24) is 5.32 Å². The van der Waals surface area contributed by atoms with E-state index in [1.807, 2.05) is 12.1 Å². The molecule has 2 atom stereocenters. The third-order valence-electron chi connectivity index (χ3n) is 4.01. The van der Waals surface area contributed by atoms with Crippen molar-refractivity contribution in [2.75, 3.05) is 18.0 Å². The van der Waals surface area contributed by atoms with E-state index in [0.29, 0.717) is 12.1 Å². The van der Waals surface area contributed by atoms with Gasteiger partial charge in [0.05, 0.1) is 5.02 Å². The van der Waals surface area contributed by atoms with Gasteiger partial charge in [0.15, 0.2) is 0 Å². The van der Waals surface area contributed by atoms with E-state index in [2.05, 4.69) is 69.5 Å². The molecular weight excluding hydrogens is 348 g/mol. The van der Waals surface area contributed by atoms with Crippen molar-refractivity contribution in [3.8, 4) is 0 Å². The highest BCUT2D eigenvalue weighted by Crippen LogP contribution is 2.31. The molecule has 0 spiro atoms. The van der Waals surface area contributed by atoms with E-state index in [0.717, 1.165) is 22.6 Å². The molecule has 0 bridgehead atoms. The van der Waals surface area contributed by atoms with E-state index in [1.165, 1.54) is 11.3 Å². The molecule has 1 heterocycles. The first-order chi connectivity index (χ1) is 10.1. The summed E-state index contributed by atoms with van der Waals surface area (Å²) >= 11 is 9.70. The Hall–Kier alpha value is -1.03. The van der Waals surface area contributed by atoms with Gasteiger partial charge in [-0.1, -0.05) is 41.9 Å². The Morgan fingerprint density at radius 1 is 1.19 bits per heavy atom. The number of piperazine rings is 1. The molecule has 0 aromatic heterocycles. The van der Waals surface area contributed by atoms with Crippen LogP contribution in [0.3, 0.4) is 0 Å². The fourth-order valence-corrected chi connectivity index (χ4v) is 3.22. The third-order valence-corrected chi connectivity index (χ3v) is 5.24. The molecule has 2 nitrogen and oxygen atoms in total. The first kappa shape index (κ1) is 14.9. The number of rotatable bonds is 2. The molecule has 110 valence electrons. The zero-order chi connectivity index (χ0) is 14.8. The van der Waals surface area contributed by atoms with Crippen LogP contribution in [0.4, 0.5) is 5.69 Å². The van der Waals surface area contributed by atoms with Gasteiger partial charge >= 0.3 is 0 Å². The van der Waals surface area contributed by atoms with E-state index < -0.39 is 0 Å². The fourth-order valence-electron chi connectivity index (χ4n) is 2.80. The van der Waals surface area contributed by atoms with Gasteiger partial charge in [-0.15, -0.1) is 0 Å². The zero-order valence-corrected chi connectivity index (χ0v) is 14.2. The minimum absolute atomic E-state index is 0.352. The van der Waals surface area contributed by atoms with Gasteiger partial charge in [-0.05, 0) is 46.6 Å². The van der Waals surface area contributed by atoms with Crippen molar-refractivity contribution in [2.24, 2.45) is 0 Å². The van der Waals surface area contributed by atoms with Crippen LogP contribution in [0.1, 0.15) is 18.5 Å². The molecule has 21 heavy (non-hydrogen) atoms. The summed E-state index contributed by atoms with van der Waals surface area (Å²) in [7, 11) is 0. The summed E-state index contributed by atoms with van der Waals surface area (Å²) in [6.07, 6.45) is 0. The Balaban J connectivity index is 1.85. The molecule has 4 heteroatoms. The van der Waals surface area contributed by atoms with Gasteiger partial charge in [0, 0.05) is 35.3 Å². The van der Waals surface area contributed by atoms with E-state index >= 15 is 0 Å². The summed E-state index contributed by atoms with van der Waals surface area (Å²) in [6.45, 7) is 4.15. The van der Waals surface area contributed by atoms with Gasteiger partial charge in [0.1, 0.15) is 0 Å². The molecule has 0 amide bonds. The van der Waals surface area contributed by atoms with Crippen LogP contribution in [-0.4, -0.2) is 19.1 Å². The van der Waals surface area contributed by atoms with Crippen LogP contribution in [0.15, 0.2) is 53.0 Å². The highest BCUT2D eigenvalue weighted by atomic mass is 79.9. The largest absolute Gasteiger partial charge is 0.366 e. The normalized spacial score (nSPS) is 22.3. The lowest BCUT2D eigenvalue weighted by molar-refractivity contribution is 0.414. The van der Waals surface area contributed by atoms with E-state index in [9.17, 15) is 0 Å². The summed E-state index contributed by atoms with van der Waals surface area (Å²) in [5, 5.41) is 4.39. The summed E-state index contributed by atoms with van der Waals surface area (Å²) in [6, 6.07) is 17.6. The van der Waals surface area contributed by atoms with Crippen LogP contribution in [0.2, 0.25) is 5.02 Å². The fraction of sp³-hybridized carbons (Fsp3) is 0.294. The molecule has 1 aliphatic heterocycles. The Labute approximate surface area is 139 Å². The predicted octanol–water partition coefficient (Wildman–Crippen LogP) is 4.64. The lowest BCUT2D eigenvalue weighted by Crippen LogP contribution is -2.51. The van der Waals surface area contributed by atoms with E-state index in [1.54, 1.807) is 0 Å². The maximum absolute atomic E-state index is 6.24.